The zero-order valence-corrected chi connectivity index (χ0v) is 17.6. The molecule has 2 aromatic heterocycles. The van der Waals surface area contributed by atoms with Gasteiger partial charge in [0.05, 0.1) is 18.1 Å². The number of hydrogen-bond donors (Lipinski definition) is 2. The summed E-state index contributed by atoms with van der Waals surface area (Å²) in [4.78, 5) is 45.8. The van der Waals surface area contributed by atoms with Gasteiger partial charge in [0.1, 0.15) is 10.7 Å². The van der Waals surface area contributed by atoms with Crippen LogP contribution < -0.4 is 10.9 Å². The molecule has 1 aromatic carbocycles. The van der Waals surface area contributed by atoms with E-state index >= 15 is 0 Å². The number of ether oxygens (including phenoxy) is 1. The summed E-state index contributed by atoms with van der Waals surface area (Å²) in [5, 5.41) is 3.59. The second-order valence-electron chi connectivity index (χ2n) is 7.37. The van der Waals surface area contributed by atoms with Crippen molar-refractivity contribution in [2.75, 3.05) is 7.11 Å². The fraction of sp³-hybridized carbons (Fsp3) is 0.364. The van der Waals surface area contributed by atoms with Gasteiger partial charge in [0.25, 0.3) is 5.56 Å². The third-order valence-electron chi connectivity index (χ3n) is 5.33. The van der Waals surface area contributed by atoms with Gasteiger partial charge in [-0.3, -0.25) is 9.59 Å². The Morgan fingerprint density at radius 3 is 2.73 bits per heavy atom. The summed E-state index contributed by atoms with van der Waals surface area (Å²) in [6.07, 6.45) is 4.86. The minimum absolute atomic E-state index is 0.0968. The van der Waals surface area contributed by atoms with Crippen LogP contribution in [0.15, 0.2) is 29.1 Å². The van der Waals surface area contributed by atoms with Crippen molar-refractivity contribution in [2.24, 2.45) is 0 Å². The molecule has 2 heterocycles. The highest BCUT2D eigenvalue weighted by atomic mass is 32.1. The van der Waals surface area contributed by atoms with E-state index in [2.05, 4.69) is 20.0 Å². The number of hydrogen-bond acceptors (Lipinski definition) is 6. The number of thiophene rings is 1. The third kappa shape index (κ3) is 4.28. The van der Waals surface area contributed by atoms with Crippen LogP contribution in [0, 0.1) is 0 Å². The van der Waals surface area contributed by atoms with Crippen molar-refractivity contribution in [1.29, 1.82) is 0 Å². The number of fused-ring (bicyclic) bond motifs is 3. The number of rotatable bonds is 6. The molecule has 0 fully saturated rings. The van der Waals surface area contributed by atoms with Gasteiger partial charge in [-0.15, -0.1) is 11.3 Å². The second-order valence-corrected chi connectivity index (χ2v) is 8.45. The zero-order chi connectivity index (χ0) is 21.1. The molecule has 0 atom stereocenters. The lowest BCUT2D eigenvalue weighted by Crippen LogP contribution is -2.23. The summed E-state index contributed by atoms with van der Waals surface area (Å²) in [5.41, 5.74) is 2.42. The van der Waals surface area contributed by atoms with E-state index in [1.165, 1.54) is 12.0 Å². The topological polar surface area (TPSA) is 101 Å². The van der Waals surface area contributed by atoms with Gasteiger partial charge in [-0.05, 0) is 48.9 Å². The van der Waals surface area contributed by atoms with Crippen molar-refractivity contribution in [3.63, 3.8) is 0 Å². The van der Waals surface area contributed by atoms with E-state index in [9.17, 15) is 14.4 Å². The fourth-order valence-corrected chi connectivity index (χ4v) is 5.01. The Morgan fingerprint density at radius 1 is 1.20 bits per heavy atom. The number of esters is 1. The van der Waals surface area contributed by atoms with Crippen molar-refractivity contribution in [3.05, 3.63) is 62.0 Å². The first-order valence-corrected chi connectivity index (χ1v) is 10.8. The van der Waals surface area contributed by atoms with Crippen LogP contribution in [0.3, 0.4) is 0 Å². The van der Waals surface area contributed by atoms with Crippen molar-refractivity contribution >= 4 is 33.4 Å². The van der Waals surface area contributed by atoms with Gasteiger partial charge < -0.3 is 15.0 Å². The number of aryl methyl sites for hydroxylation is 3. The molecule has 7 nitrogen and oxygen atoms in total. The molecule has 1 amide bonds. The van der Waals surface area contributed by atoms with Crippen LogP contribution in [0.25, 0.3) is 10.2 Å². The molecule has 0 saturated heterocycles. The SMILES string of the molecule is COC(=O)c1ccc(CNC(=O)CCc2nc3sc4c(c3c(=O)[nH]2)CCCC4)cc1. The third-order valence-corrected chi connectivity index (χ3v) is 6.51. The molecule has 0 radical (unpaired) electrons. The molecule has 156 valence electrons. The van der Waals surface area contributed by atoms with E-state index in [0.29, 0.717) is 24.4 Å². The normalized spacial score (nSPS) is 13.1. The molecule has 4 rings (SSSR count). The highest BCUT2D eigenvalue weighted by molar-refractivity contribution is 7.18. The van der Waals surface area contributed by atoms with Gasteiger partial charge in [-0.1, -0.05) is 12.1 Å². The molecule has 0 saturated carbocycles. The van der Waals surface area contributed by atoms with Gasteiger partial charge in [-0.25, -0.2) is 9.78 Å². The zero-order valence-electron chi connectivity index (χ0n) is 16.7. The summed E-state index contributed by atoms with van der Waals surface area (Å²) in [6, 6.07) is 6.88. The number of nitrogens with zero attached hydrogens (tertiary/aromatic N) is 1. The van der Waals surface area contributed by atoms with Gasteiger partial charge in [0.15, 0.2) is 0 Å². The fourth-order valence-electron chi connectivity index (χ4n) is 3.72. The van der Waals surface area contributed by atoms with Crippen molar-refractivity contribution < 1.29 is 14.3 Å². The maximum absolute atomic E-state index is 12.6. The molecule has 30 heavy (non-hydrogen) atoms. The Bertz CT molecular complexity index is 1150. The predicted molar refractivity (Wildman–Crippen MR) is 115 cm³/mol. The van der Waals surface area contributed by atoms with E-state index in [1.807, 2.05) is 0 Å². The quantitative estimate of drug-likeness (QED) is 0.592. The molecule has 8 heteroatoms. The smallest absolute Gasteiger partial charge is 0.337 e. The van der Waals surface area contributed by atoms with Crippen LogP contribution in [0.1, 0.15) is 51.4 Å². The lowest BCUT2D eigenvalue weighted by Gasteiger charge is -2.09. The predicted octanol–water partition coefficient (Wildman–Crippen LogP) is 2.90. The van der Waals surface area contributed by atoms with Crippen LogP contribution in [0.5, 0.6) is 0 Å². The molecule has 1 aliphatic rings. The number of carbonyl (C=O) groups excluding carboxylic acids is 2. The van der Waals surface area contributed by atoms with E-state index in [0.717, 1.165) is 47.0 Å². The Morgan fingerprint density at radius 2 is 1.97 bits per heavy atom. The highest BCUT2D eigenvalue weighted by Gasteiger charge is 2.19. The average Bonchev–Trinajstić information content (AvgIpc) is 3.15. The molecule has 3 aromatic rings. The van der Waals surface area contributed by atoms with Crippen molar-refractivity contribution in [3.8, 4) is 0 Å². The molecule has 0 unspecified atom stereocenters. The summed E-state index contributed by atoms with van der Waals surface area (Å²) in [6.45, 7) is 0.362. The standard InChI is InChI=1S/C22H23N3O4S/c1-29-22(28)14-8-6-13(7-9-14)12-23-18(26)11-10-17-24-20(27)19-15-4-2-3-5-16(15)30-21(19)25-17/h6-9H,2-5,10-12H2,1H3,(H,23,26)(H,24,25,27). The van der Waals surface area contributed by atoms with Crippen LogP contribution >= 0.6 is 11.3 Å². The number of benzene rings is 1. The maximum Gasteiger partial charge on any atom is 0.337 e. The second kappa shape index (κ2) is 8.79. The first-order valence-electron chi connectivity index (χ1n) is 10.0. The lowest BCUT2D eigenvalue weighted by atomic mass is 9.97. The minimum atomic E-state index is -0.393. The largest absolute Gasteiger partial charge is 0.465 e. The van der Waals surface area contributed by atoms with Gasteiger partial charge in [-0.2, -0.15) is 0 Å². The maximum atomic E-state index is 12.6. The first kappa shape index (κ1) is 20.3. The summed E-state index contributed by atoms with van der Waals surface area (Å²) >= 11 is 1.61. The van der Waals surface area contributed by atoms with Crippen LogP contribution in [-0.4, -0.2) is 29.0 Å². The Kier molecular flexibility index (Phi) is 5.94. The summed E-state index contributed by atoms with van der Waals surface area (Å²) in [7, 11) is 1.34. The van der Waals surface area contributed by atoms with Crippen LogP contribution in [0.2, 0.25) is 0 Å². The number of aromatic amines is 1. The van der Waals surface area contributed by atoms with Gasteiger partial charge in [0.2, 0.25) is 5.91 Å². The molecular weight excluding hydrogens is 402 g/mol. The number of methoxy groups -OCH3 is 1. The molecule has 0 spiro atoms. The van der Waals surface area contributed by atoms with Crippen LogP contribution in [0.4, 0.5) is 0 Å². The monoisotopic (exact) mass is 425 g/mol. The number of H-pyrrole nitrogens is 1. The number of carbonyl (C=O) groups is 2. The van der Waals surface area contributed by atoms with Crippen LogP contribution in [-0.2, 0) is 35.3 Å². The molecule has 1 aliphatic carbocycles. The molecule has 0 aliphatic heterocycles. The average molecular weight is 426 g/mol. The van der Waals surface area contributed by atoms with E-state index in [4.69, 9.17) is 0 Å². The van der Waals surface area contributed by atoms with Crippen molar-refractivity contribution in [1.82, 2.24) is 15.3 Å². The molecular formula is C22H23N3O4S. The Balaban J connectivity index is 1.35. The number of amides is 1. The van der Waals surface area contributed by atoms with E-state index in [-0.39, 0.29) is 17.9 Å². The minimum Gasteiger partial charge on any atom is -0.465 e. The van der Waals surface area contributed by atoms with E-state index < -0.39 is 5.97 Å². The number of nitrogens with one attached hydrogen (secondary N) is 2. The van der Waals surface area contributed by atoms with Gasteiger partial charge in [0, 0.05) is 24.3 Å². The molecule has 0 bridgehead atoms. The Hall–Kier alpha value is -3.00. The van der Waals surface area contributed by atoms with Crippen molar-refractivity contribution in [2.45, 2.75) is 45.1 Å². The lowest BCUT2D eigenvalue weighted by molar-refractivity contribution is -0.121. The highest BCUT2D eigenvalue weighted by Crippen LogP contribution is 2.33. The van der Waals surface area contributed by atoms with E-state index in [1.54, 1.807) is 35.6 Å². The van der Waals surface area contributed by atoms with Gasteiger partial charge >= 0.3 is 5.97 Å². The number of aromatic nitrogens is 2. The Labute approximate surface area is 177 Å². The molecule has 2 N–H and O–H groups in total. The first-order chi connectivity index (χ1) is 14.5. The summed E-state index contributed by atoms with van der Waals surface area (Å²) in [5.74, 6) is 0.0274. The summed E-state index contributed by atoms with van der Waals surface area (Å²) < 4.78 is 4.67.